The van der Waals surface area contributed by atoms with Crippen molar-refractivity contribution in [3.63, 3.8) is 0 Å². The molecule has 2 fully saturated rings. The molecule has 2 amide bonds. The lowest BCUT2D eigenvalue weighted by Gasteiger charge is -2.34. The van der Waals surface area contributed by atoms with Crippen LogP contribution >= 0.6 is 0 Å². The van der Waals surface area contributed by atoms with E-state index in [0.29, 0.717) is 6.54 Å². The molecule has 5 heteroatoms. The Morgan fingerprint density at radius 3 is 2.78 bits per heavy atom. The van der Waals surface area contributed by atoms with Crippen LogP contribution in [0.3, 0.4) is 0 Å². The zero-order chi connectivity index (χ0) is 13.2. The molecule has 2 rings (SSSR count). The second-order valence-corrected chi connectivity index (χ2v) is 5.24. The number of hydrogen-bond acceptors (Lipinski definition) is 3. The predicted octanol–water partition coefficient (Wildman–Crippen LogP) is 0.256. The van der Waals surface area contributed by atoms with Gasteiger partial charge in [-0.15, -0.1) is 0 Å². The molecule has 0 aromatic rings. The van der Waals surface area contributed by atoms with Gasteiger partial charge in [0.15, 0.2) is 0 Å². The highest BCUT2D eigenvalue weighted by Crippen LogP contribution is 2.29. The number of hydrogen-bond donors (Lipinski definition) is 2. The summed E-state index contributed by atoms with van der Waals surface area (Å²) in [5.74, 6) is 0.0821. The third kappa shape index (κ3) is 2.11. The minimum absolute atomic E-state index is 0.0369. The molecule has 0 saturated carbocycles. The quantitative estimate of drug-likeness (QED) is 0.758. The molecule has 18 heavy (non-hydrogen) atoms. The van der Waals surface area contributed by atoms with Crippen LogP contribution in [0.4, 0.5) is 0 Å². The van der Waals surface area contributed by atoms with Gasteiger partial charge in [0.05, 0.1) is 5.54 Å². The molecular weight excluding hydrogens is 230 g/mol. The molecule has 0 radical (unpaired) electrons. The Bertz CT molecular complexity index is 337. The molecule has 0 bridgehead atoms. The first kappa shape index (κ1) is 13.3. The van der Waals surface area contributed by atoms with Gasteiger partial charge in [-0.05, 0) is 38.6 Å². The monoisotopic (exact) mass is 253 g/mol. The molecular formula is C13H23N3O2. The summed E-state index contributed by atoms with van der Waals surface area (Å²) in [6, 6.07) is -0.270. The normalized spacial score (nSPS) is 31.7. The van der Waals surface area contributed by atoms with E-state index in [-0.39, 0.29) is 17.9 Å². The standard InChI is InChI=1S/C13H23N3O2/c1-3-13(7-5-8-15-13)12(18)16-9-4-6-10(16)11(17)14-2/h10,15H,3-9H2,1-2H3,(H,14,17). The van der Waals surface area contributed by atoms with Crippen molar-refractivity contribution in [2.45, 2.75) is 50.6 Å². The third-order valence-corrected chi connectivity index (χ3v) is 4.32. The Hall–Kier alpha value is -1.10. The minimum Gasteiger partial charge on any atom is -0.357 e. The van der Waals surface area contributed by atoms with E-state index in [0.717, 1.165) is 38.6 Å². The summed E-state index contributed by atoms with van der Waals surface area (Å²) in [5.41, 5.74) is -0.420. The van der Waals surface area contributed by atoms with Crippen molar-refractivity contribution in [3.8, 4) is 0 Å². The molecule has 2 atom stereocenters. The molecule has 2 unspecified atom stereocenters. The molecule has 2 saturated heterocycles. The van der Waals surface area contributed by atoms with Crippen molar-refractivity contribution < 1.29 is 9.59 Å². The number of likely N-dealkylation sites (N-methyl/N-ethyl adjacent to an activating group) is 1. The molecule has 2 aliphatic rings. The molecule has 0 aliphatic carbocycles. The molecule has 0 spiro atoms. The van der Waals surface area contributed by atoms with Crippen LogP contribution in [0.1, 0.15) is 39.0 Å². The van der Waals surface area contributed by atoms with Gasteiger partial charge in [-0.25, -0.2) is 0 Å². The topological polar surface area (TPSA) is 61.4 Å². The van der Waals surface area contributed by atoms with Gasteiger partial charge >= 0.3 is 0 Å². The van der Waals surface area contributed by atoms with Crippen LogP contribution < -0.4 is 10.6 Å². The van der Waals surface area contributed by atoms with Crippen LogP contribution in [0.2, 0.25) is 0 Å². The first-order valence-electron chi connectivity index (χ1n) is 6.92. The average Bonchev–Trinajstić information content (AvgIpc) is 3.06. The lowest BCUT2D eigenvalue weighted by molar-refractivity contribution is -0.143. The smallest absolute Gasteiger partial charge is 0.243 e. The lowest BCUT2D eigenvalue weighted by atomic mass is 9.92. The van der Waals surface area contributed by atoms with Gasteiger partial charge in [0.1, 0.15) is 6.04 Å². The summed E-state index contributed by atoms with van der Waals surface area (Å²) >= 11 is 0. The summed E-state index contributed by atoms with van der Waals surface area (Å²) in [4.78, 5) is 26.3. The molecule has 5 nitrogen and oxygen atoms in total. The Morgan fingerprint density at radius 1 is 1.44 bits per heavy atom. The first-order valence-corrected chi connectivity index (χ1v) is 6.92. The highest BCUT2D eigenvalue weighted by Gasteiger charge is 2.45. The van der Waals surface area contributed by atoms with Crippen LogP contribution in [0.25, 0.3) is 0 Å². The zero-order valence-corrected chi connectivity index (χ0v) is 11.3. The molecule has 2 N–H and O–H groups in total. The Morgan fingerprint density at radius 2 is 2.22 bits per heavy atom. The molecule has 0 aromatic heterocycles. The number of amides is 2. The number of nitrogens with zero attached hydrogens (tertiary/aromatic N) is 1. The van der Waals surface area contributed by atoms with E-state index in [1.807, 2.05) is 6.92 Å². The number of carbonyl (C=O) groups is 2. The lowest BCUT2D eigenvalue weighted by Crippen LogP contribution is -2.57. The predicted molar refractivity (Wildman–Crippen MR) is 69.1 cm³/mol. The maximum Gasteiger partial charge on any atom is 0.243 e. The van der Waals surface area contributed by atoms with E-state index >= 15 is 0 Å². The fourth-order valence-electron chi connectivity index (χ4n) is 3.17. The number of carbonyl (C=O) groups excluding carboxylic acids is 2. The number of nitrogens with one attached hydrogen (secondary N) is 2. The van der Waals surface area contributed by atoms with E-state index < -0.39 is 5.54 Å². The van der Waals surface area contributed by atoms with Crippen LogP contribution in [0, 0.1) is 0 Å². The molecule has 102 valence electrons. The van der Waals surface area contributed by atoms with Crippen LogP contribution in [-0.4, -0.2) is 48.4 Å². The highest BCUT2D eigenvalue weighted by atomic mass is 16.2. The fourth-order valence-corrected chi connectivity index (χ4v) is 3.17. The van der Waals surface area contributed by atoms with Crippen molar-refractivity contribution in [1.29, 1.82) is 0 Å². The average molecular weight is 253 g/mol. The van der Waals surface area contributed by atoms with Crippen molar-refractivity contribution in [3.05, 3.63) is 0 Å². The van der Waals surface area contributed by atoms with Crippen molar-refractivity contribution in [1.82, 2.24) is 15.5 Å². The SMILES string of the molecule is CCC1(C(=O)N2CCCC2C(=O)NC)CCCN1. The summed E-state index contributed by atoms with van der Waals surface area (Å²) in [6.45, 7) is 3.65. The van der Waals surface area contributed by atoms with E-state index in [9.17, 15) is 9.59 Å². The van der Waals surface area contributed by atoms with Gasteiger partial charge < -0.3 is 15.5 Å². The van der Waals surface area contributed by atoms with Gasteiger partial charge in [-0.1, -0.05) is 6.92 Å². The van der Waals surface area contributed by atoms with Crippen LogP contribution in [0.15, 0.2) is 0 Å². The maximum absolute atomic E-state index is 12.7. The molecule has 2 heterocycles. The van der Waals surface area contributed by atoms with E-state index in [1.54, 1.807) is 11.9 Å². The van der Waals surface area contributed by atoms with Crippen LogP contribution in [-0.2, 0) is 9.59 Å². The Kier molecular flexibility index (Phi) is 3.90. The van der Waals surface area contributed by atoms with Crippen molar-refractivity contribution >= 4 is 11.8 Å². The van der Waals surface area contributed by atoms with Crippen molar-refractivity contribution in [2.24, 2.45) is 0 Å². The van der Waals surface area contributed by atoms with Gasteiger partial charge in [-0.2, -0.15) is 0 Å². The maximum atomic E-state index is 12.7. The minimum atomic E-state index is -0.420. The summed E-state index contributed by atoms with van der Waals surface area (Å²) in [5, 5.41) is 6.01. The highest BCUT2D eigenvalue weighted by molar-refractivity contribution is 5.92. The third-order valence-electron chi connectivity index (χ3n) is 4.32. The number of rotatable bonds is 3. The summed E-state index contributed by atoms with van der Waals surface area (Å²) < 4.78 is 0. The first-order chi connectivity index (χ1) is 8.64. The molecule has 2 aliphatic heterocycles. The Balaban J connectivity index is 2.14. The van der Waals surface area contributed by atoms with E-state index in [1.165, 1.54) is 0 Å². The van der Waals surface area contributed by atoms with E-state index in [4.69, 9.17) is 0 Å². The summed E-state index contributed by atoms with van der Waals surface area (Å²) in [7, 11) is 1.63. The molecule has 0 aromatic carbocycles. The van der Waals surface area contributed by atoms with Crippen LogP contribution in [0.5, 0.6) is 0 Å². The largest absolute Gasteiger partial charge is 0.357 e. The van der Waals surface area contributed by atoms with E-state index in [2.05, 4.69) is 10.6 Å². The fraction of sp³-hybridized carbons (Fsp3) is 0.846. The van der Waals surface area contributed by atoms with Gasteiger partial charge in [-0.3, -0.25) is 9.59 Å². The number of likely N-dealkylation sites (tertiary alicyclic amines) is 1. The zero-order valence-electron chi connectivity index (χ0n) is 11.3. The second kappa shape index (κ2) is 5.26. The van der Waals surface area contributed by atoms with Gasteiger partial charge in [0, 0.05) is 13.6 Å². The Labute approximate surface area is 108 Å². The second-order valence-electron chi connectivity index (χ2n) is 5.24. The van der Waals surface area contributed by atoms with Gasteiger partial charge in [0.2, 0.25) is 11.8 Å². The van der Waals surface area contributed by atoms with Gasteiger partial charge in [0.25, 0.3) is 0 Å². The summed E-state index contributed by atoms with van der Waals surface area (Å²) in [6.07, 6.45) is 4.43. The van der Waals surface area contributed by atoms with Crippen molar-refractivity contribution in [2.75, 3.05) is 20.1 Å².